The third-order valence-corrected chi connectivity index (χ3v) is 3.58. The van der Waals surface area contributed by atoms with Crippen LogP contribution >= 0.6 is 0 Å². The van der Waals surface area contributed by atoms with Gasteiger partial charge in [-0.25, -0.2) is 9.38 Å². The van der Waals surface area contributed by atoms with Crippen LogP contribution in [0.25, 0.3) is 0 Å². The Morgan fingerprint density at radius 1 is 1.25 bits per heavy atom. The maximum atomic E-state index is 13.7. The van der Waals surface area contributed by atoms with E-state index >= 15 is 0 Å². The monoisotopic (exact) mass is 333 g/mol. The fourth-order valence-electron chi connectivity index (χ4n) is 2.20. The molecule has 1 heterocycles. The van der Waals surface area contributed by atoms with Crippen LogP contribution in [0, 0.1) is 12.7 Å². The van der Waals surface area contributed by atoms with Gasteiger partial charge in [0, 0.05) is 12.1 Å². The molecule has 0 bridgehead atoms. The van der Waals surface area contributed by atoms with Crippen LogP contribution in [-0.2, 0) is 12.1 Å². The average molecular weight is 333 g/mol. The lowest BCUT2D eigenvalue weighted by atomic mass is 10.0. The van der Waals surface area contributed by atoms with Gasteiger partial charge in [-0.3, -0.25) is 0 Å². The van der Waals surface area contributed by atoms with E-state index in [1.165, 1.54) is 6.07 Å². The topological polar surface area (TPSA) is 69.8 Å². The number of nitrogens with zero attached hydrogens (tertiary/aromatic N) is 1. The van der Waals surface area contributed by atoms with Gasteiger partial charge in [-0.2, -0.15) is 0 Å². The van der Waals surface area contributed by atoms with E-state index in [2.05, 4.69) is 15.6 Å². The molecule has 1 atom stereocenters. The van der Waals surface area contributed by atoms with Crippen LogP contribution in [0.15, 0.2) is 45.8 Å². The Morgan fingerprint density at radius 2 is 2.00 bits per heavy atom. The largest absolute Gasteiger partial charge is 0.463 e. The molecule has 1 aromatic carbocycles. The van der Waals surface area contributed by atoms with Crippen molar-refractivity contribution in [1.29, 1.82) is 0 Å². The lowest BCUT2D eigenvalue weighted by Crippen LogP contribution is -2.44. The van der Waals surface area contributed by atoms with Gasteiger partial charge in [-0.1, -0.05) is 18.2 Å². The molecule has 0 spiro atoms. The molecule has 0 radical (unpaired) electrons. The summed E-state index contributed by atoms with van der Waals surface area (Å²) in [7, 11) is 0. The first-order valence-electron chi connectivity index (χ1n) is 7.97. The molecule has 0 aliphatic heterocycles. The van der Waals surface area contributed by atoms with Crippen molar-refractivity contribution in [1.82, 2.24) is 10.6 Å². The van der Waals surface area contributed by atoms with E-state index in [0.717, 1.165) is 5.76 Å². The van der Waals surface area contributed by atoms with Gasteiger partial charge in [-0.15, -0.1) is 0 Å². The molecular weight excluding hydrogens is 309 g/mol. The summed E-state index contributed by atoms with van der Waals surface area (Å²) in [6.45, 7) is 6.51. The van der Waals surface area contributed by atoms with Crippen molar-refractivity contribution >= 4 is 5.96 Å². The van der Waals surface area contributed by atoms with Crippen molar-refractivity contribution in [2.75, 3.05) is 13.1 Å². The summed E-state index contributed by atoms with van der Waals surface area (Å²) in [4.78, 5) is 4.36. The zero-order chi connectivity index (χ0) is 17.6. The van der Waals surface area contributed by atoms with Crippen molar-refractivity contribution in [3.05, 3.63) is 59.3 Å². The van der Waals surface area contributed by atoms with E-state index < -0.39 is 5.60 Å². The number of aryl methyl sites for hydroxylation is 1. The van der Waals surface area contributed by atoms with Gasteiger partial charge in [0.2, 0.25) is 0 Å². The number of aliphatic imine (C=N–C) groups is 1. The highest BCUT2D eigenvalue weighted by atomic mass is 19.1. The van der Waals surface area contributed by atoms with Gasteiger partial charge < -0.3 is 20.2 Å². The van der Waals surface area contributed by atoms with Crippen molar-refractivity contribution in [3.63, 3.8) is 0 Å². The Bertz CT molecular complexity index is 695. The van der Waals surface area contributed by atoms with E-state index in [9.17, 15) is 9.50 Å². The van der Waals surface area contributed by atoms with Crippen molar-refractivity contribution in [2.45, 2.75) is 32.9 Å². The zero-order valence-corrected chi connectivity index (χ0v) is 14.3. The Morgan fingerprint density at radius 3 is 2.62 bits per heavy atom. The molecule has 0 saturated carbocycles. The number of halogens is 1. The first kappa shape index (κ1) is 18.0. The van der Waals surface area contributed by atoms with Gasteiger partial charge in [0.15, 0.2) is 5.96 Å². The normalized spacial score (nSPS) is 14.3. The second kappa shape index (κ2) is 7.97. The quantitative estimate of drug-likeness (QED) is 0.561. The number of hydrogen-bond donors (Lipinski definition) is 3. The number of guanidine groups is 1. The van der Waals surface area contributed by atoms with Gasteiger partial charge in [0.1, 0.15) is 22.9 Å². The predicted molar refractivity (Wildman–Crippen MR) is 92.2 cm³/mol. The molecule has 0 fully saturated rings. The van der Waals surface area contributed by atoms with Crippen LogP contribution in [0.5, 0.6) is 0 Å². The molecule has 0 aliphatic carbocycles. The maximum absolute atomic E-state index is 13.7. The third-order valence-electron chi connectivity index (χ3n) is 3.58. The summed E-state index contributed by atoms with van der Waals surface area (Å²) >= 11 is 0. The SMILES string of the molecule is CCNC(=NCc1ccccc1F)NCC(C)(O)c1ccc(C)o1. The summed E-state index contributed by atoms with van der Waals surface area (Å²) in [5.41, 5.74) is -0.661. The fraction of sp³-hybridized carbons (Fsp3) is 0.389. The van der Waals surface area contributed by atoms with Crippen LogP contribution in [-0.4, -0.2) is 24.2 Å². The number of nitrogens with one attached hydrogen (secondary N) is 2. The zero-order valence-electron chi connectivity index (χ0n) is 14.3. The summed E-state index contributed by atoms with van der Waals surface area (Å²) in [5, 5.41) is 16.7. The molecule has 2 aromatic rings. The Hall–Kier alpha value is -2.34. The van der Waals surface area contributed by atoms with Crippen LogP contribution in [0.1, 0.15) is 30.9 Å². The number of hydrogen-bond acceptors (Lipinski definition) is 3. The summed E-state index contributed by atoms with van der Waals surface area (Å²) < 4.78 is 19.1. The molecule has 0 amide bonds. The Balaban J connectivity index is 2.02. The molecule has 3 N–H and O–H groups in total. The molecule has 6 heteroatoms. The highest BCUT2D eigenvalue weighted by Gasteiger charge is 2.27. The molecule has 0 aliphatic rings. The van der Waals surface area contributed by atoms with Gasteiger partial charge in [0.05, 0.1) is 13.1 Å². The standard InChI is InChI=1S/C18H24FN3O2/c1-4-20-17(21-11-14-7-5-6-8-15(14)19)22-12-18(3,23)16-10-9-13(2)24-16/h5-10,23H,4,11-12H2,1-3H3,(H2,20,21,22). The number of rotatable bonds is 6. The van der Waals surface area contributed by atoms with Crippen LogP contribution in [0.2, 0.25) is 0 Å². The van der Waals surface area contributed by atoms with Crippen LogP contribution in [0.3, 0.4) is 0 Å². The summed E-state index contributed by atoms with van der Waals surface area (Å²) in [6.07, 6.45) is 0. The molecule has 130 valence electrons. The van der Waals surface area contributed by atoms with Crippen LogP contribution in [0.4, 0.5) is 4.39 Å². The average Bonchev–Trinajstić information content (AvgIpc) is 2.99. The summed E-state index contributed by atoms with van der Waals surface area (Å²) in [5.74, 6) is 1.45. The van der Waals surface area contributed by atoms with E-state index in [4.69, 9.17) is 4.42 Å². The minimum atomic E-state index is -1.18. The second-order valence-corrected chi connectivity index (χ2v) is 5.82. The number of benzene rings is 1. The minimum absolute atomic E-state index is 0.211. The molecule has 2 rings (SSSR count). The first-order chi connectivity index (χ1) is 11.4. The minimum Gasteiger partial charge on any atom is -0.463 e. The third kappa shape index (κ3) is 4.83. The number of aliphatic hydroxyl groups is 1. The lowest BCUT2D eigenvalue weighted by molar-refractivity contribution is 0.0378. The fourth-order valence-corrected chi connectivity index (χ4v) is 2.20. The molecule has 1 aromatic heterocycles. The highest BCUT2D eigenvalue weighted by molar-refractivity contribution is 5.79. The summed E-state index contributed by atoms with van der Waals surface area (Å²) in [6, 6.07) is 10.1. The van der Waals surface area contributed by atoms with E-state index in [-0.39, 0.29) is 18.9 Å². The molecule has 0 saturated heterocycles. The van der Waals surface area contributed by atoms with Crippen molar-refractivity contribution in [2.24, 2.45) is 4.99 Å². The lowest BCUT2D eigenvalue weighted by Gasteiger charge is -2.22. The molecule has 5 nitrogen and oxygen atoms in total. The Labute approximate surface area is 141 Å². The van der Waals surface area contributed by atoms with Gasteiger partial charge in [-0.05, 0) is 39.0 Å². The van der Waals surface area contributed by atoms with Crippen molar-refractivity contribution < 1.29 is 13.9 Å². The van der Waals surface area contributed by atoms with E-state index in [1.807, 2.05) is 13.8 Å². The van der Waals surface area contributed by atoms with Gasteiger partial charge in [0.25, 0.3) is 0 Å². The first-order valence-corrected chi connectivity index (χ1v) is 7.97. The number of furan rings is 1. The molecular formula is C18H24FN3O2. The van der Waals surface area contributed by atoms with E-state index in [1.54, 1.807) is 37.3 Å². The molecule has 1 unspecified atom stereocenters. The second-order valence-electron chi connectivity index (χ2n) is 5.82. The predicted octanol–water partition coefficient (Wildman–Crippen LogP) is 2.69. The smallest absolute Gasteiger partial charge is 0.191 e. The van der Waals surface area contributed by atoms with Crippen LogP contribution < -0.4 is 10.6 Å². The molecule has 24 heavy (non-hydrogen) atoms. The van der Waals surface area contributed by atoms with Crippen molar-refractivity contribution in [3.8, 4) is 0 Å². The highest BCUT2D eigenvalue weighted by Crippen LogP contribution is 2.21. The maximum Gasteiger partial charge on any atom is 0.191 e. The van der Waals surface area contributed by atoms with Gasteiger partial charge >= 0.3 is 0 Å². The Kier molecular flexibility index (Phi) is 5.98. The van der Waals surface area contributed by atoms with E-state index in [0.29, 0.717) is 23.8 Å².